The number of ether oxygens (including phenoxy) is 1. The topological polar surface area (TPSA) is 110 Å². The highest BCUT2D eigenvalue weighted by molar-refractivity contribution is 7.16. The molecule has 1 aromatic carbocycles. The van der Waals surface area contributed by atoms with Gasteiger partial charge in [0.15, 0.2) is 0 Å². The number of carbonyl (C=O) groups excluding carboxylic acids is 2. The standard InChI is InChI=1S/C24H31N5O3S/c1-6-16(22(25)26-4)9-15(3)28-23(30)24(31)29-12-14(2)20(32-5)11-19(29)17-7-8-21-18(10-17)27-13-33-21/h7-10,13-14,19-20H,4,6,11-12,25H2,1-3,5H3,(H,28,30)/b15-9+,22-16-/t14-,19-,20+/m1/s1. The lowest BCUT2D eigenvalue weighted by molar-refractivity contribution is -0.151. The zero-order valence-electron chi connectivity index (χ0n) is 19.5. The van der Waals surface area contributed by atoms with E-state index >= 15 is 0 Å². The number of piperidine rings is 1. The van der Waals surface area contributed by atoms with Gasteiger partial charge in [0.25, 0.3) is 0 Å². The lowest BCUT2D eigenvalue weighted by atomic mass is 9.87. The van der Waals surface area contributed by atoms with E-state index in [9.17, 15) is 9.59 Å². The number of aliphatic imine (C=N–C) groups is 1. The number of hydrogen-bond acceptors (Lipinski definition) is 7. The van der Waals surface area contributed by atoms with Crippen molar-refractivity contribution in [1.82, 2.24) is 15.2 Å². The van der Waals surface area contributed by atoms with Crippen LogP contribution in [0.3, 0.4) is 0 Å². The smallest absolute Gasteiger partial charge is 0.313 e. The van der Waals surface area contributed by atoms with Crippen LogP contribution in [-0.4, -0.2) is 48.2 Å². The number of rotatable bonds is 6. The predicted octanol–water partition coefficient (Wildman–Crippen LogP) is 3.52. The van der Waals surface area contributed by atoms with Crippen LogP contribution in [0, 0.1) is 5.92 Å². The summed E-state index contributed by atoms with van der Waals surface area (Å²) in [6, 6.07) is 5.72. The highest BCUT2D eigenvalue weighted by Crippen LogP contribution is 2.36. The summed E-state index contributed by atoms with van der Waals surface area (Å²) in [5, 5.41) is 2.70. The molecule has 1 aliphatic heterocycles. The van der Waals surface area contributed by atoms with Crippen molar-refractivity contribution in [2.75, 3.05) is 13.7 Å². The fraction of sp³-hybridized carbons (Fsp3) is 0.417. The van der Waals surface area contributed by atoms with Crippen molar-refractivity contribution in [2.45, 2.75) is 45.8 Å². The van der Waals surface area contributed by atoms with Gasteiger partial charge in [-0.2, -0.15) is 0 Å². The molecular weight excluding hydrogens is 438 g/mol. The van der Waals surface area contributed by atoms with E-state index in [0.717, 1.165) is 21.4 Å². The second kappa shape index (κ2) is 10.7. The number of nitrogens with one attached hydrogen (secondary N) is 1. The highest BCUT2D eigenvalue weighted by Gasteiger charge is 2.39. The molecule has 33 heavy (non-hydrogen) atoms. The molecule has 0 radical (unpaired) electrons. The average molecular weight is 470 g/mol. The van der Waals surface area contributed by atoms with Gasteiger partial charge in [-0.05, 0) is 55.8 Å². The van der Waals surface area contributed by atoms with E-state index in [1.54, 1.807) is 41.9 Å². The van der Waals surface area contributed by atoms with Crippen LogP contribution in [-0.2, 0) is 14.3 Å². The second-order valence-electron chi connectivity index (χ2n) is 8.24. The Morgan fingerprint density at radius 3 is 2.88 bits per heavy atom. The number of fused-ring (bicyclic) bond motifs is 1. The molecule has 0 spiro atoms. The summed E-state index contributed by atoms with van der Waals surface area (Å²) in [6.07, 6.45) is 2.92. The van der Waals surface area contributed by atoms with E-state index in [1.165, 1.54) is 0 Å². The lowest BCUT2D eigenvalue weighted by Gasteiger charge is -2.42. The van der Waals surface area contributed by atoms with E-state index in [-0.39, 0.29) is 18.1 Å². The Balaban J connectivity index is 1.86. The molecular formula is C24H31N5O3S. The number of hydrogen-bond donors (Lipinski definition) is 2. The summed E-state index contributed by atoms with van der Waals surface area (Å²) in [4.78, 5) is 36.0. The van der Waals surface area contributed by atoms with Gasteiger partial charge in [0.1, 0.15) is 5.82 Å². The normalized spacial score (nSPS) is 22.1. The zero-order chi connectivity index (χ0) is 24.1. The third kappa shape index (κ3) is 5.48. The third-order valence-electron chi connectivity index (χ3n) is 6.03. The predicted molar refractivity (Wildman–Crippen MR) is 132 cm³/mol. The van der Waals surface area contributed by atoms with Crippen LogP contribution in [0.1, 0.15) is 45.2 Å². The van der Waals surface area contributed by atoms with Crippen molar-refractivity contribution in [3.63, 3.8) is 0 Å². The SMILES string of the molecule is C=N/C(N)=C(\C=C(/C)NC(=O)C(=O)N1C[C@@H](C)[C@@H](OC)C[C@@H]1c1ccc2scnc2c1)CC. The molecule has 1 aromatic heterocycles. The molecule has 1 saturated heterocycles. The number of nitrogens with zero attached hydrogens (tertiary/aromatic N) is 3. The van der Waals surface area contributed by atoms with Gasteiger partial charge in [-0.15, -0.1) is 11.3 Å². The number of methoxy groups -OCH3 is 1. The maximum atomic E-state index is 13.3. The molecule has 176 valence electrons. The first-order chi connectivity index (χ1) is 15.8. The first kappa shape index (κ1) is 24.6. The maximum absolute atomic E-state index is 13.3. The number of amides is 2. The minimum Gasteiger partial charge on any atom is -0.383 e. The Hall–Kier alpha value is -3.04. The van der Waals surface area contributed by atoms with Crippen LogP contribution in [0.5, 0.6) is 0 Å². The molecule has 2 heterocycles. The van der Waals surface area contributed by atoms with Gasteiger partial charge in [-0.25, -0.2) is 9.98 Å². The van der Waals surface area contributed by atoms with Gasteiger partial charge in [0.2, 0.25) is 0 Å². The molecule has 8 nitrogen and oxygen atoms in total. The first-order valence-corrected chi connectivity index (χ1v) is 11.8. The van der Waals surface area contributed by atoms with Gasteiger partial charge in [0.05, 0.1) is 27.9 Å². The van der Waals surface area contributed by atoms with Gasteiger partial charge < -0.3 is 20.7 Å². The summed E-state index contributed by atoms with van der Waals surface area (Å²) < 4.78 is 6.76. The van der Waals surface area contributed by atoms with Crippen molar-refractivity contribution < 1.29 is 14.3 Å². The molecule has 0 aliphatic carbocycles. The Bertz CT molecular complexity index is 1110. The Kier molecular flexibility index (Phi) is 7.99. The fourth-order valence-electron chi connectivity index (χ4n) is 4.20. The van der Waals surface area contributed by atoms with Gasteiger partial charge in [-0.3, -0.25) is 9.59 Å². The van der Waals surface area contributed by atoms with Crippen molar-refractivity contribution >= 4 is 40.1 Å². The minimum absolute atomic E-state index is 0.0125. The lowest BCUT2D eigenvalue weighted by Crippen LogP contribution is -2.51. The Morgan fingerprint density at radius 2 is 2.21 bits per heavy atom. The quantitative estimate of drug-likeness (QED) is 0.382. The van der Waals surface area contributed by atoms with E-state index in [1.807, 2.05) is 32.0 Å². The molecule has 0 saturated carbocycles. The third-order valence-corrected chi connectivity index (χ3v) is 6.84. The van der Waals surface area contributed by atoms with Crippen LogP contribution in [0.15, 0.2) is 51.9 Å². The summed E-state index contributed by atoms with van der Waals surface area (Å²) in [5.74, 6) is -0.877. The molecule has 2 aromatic rings. The average Bonchev–Trinajstić information content (AvgIpc) is 3.29. The fourth-order valence-corrected chi connectivity index (χ4v) is 4.86. The summed E-state index contributed by atoms with van der Waals surface area (Å²) in [5.41, 5.74) is 10.7. The number of carbonyl (C=O) groups is 2. The number of allylic oxidation sites excluding steroid dienone is 3. The molecule has 1 fully saturated rings. The maximum Gasteiger partial charge on any atom is 0.313 e. The van der Waals surface area contributed by atoms with Gasteiger partial charge >= 0.3 is 11.8 Å². The molecule has 9 heteroatoms. The van der Waals surface area contributed by atoms with Crippen LogP contribution in [0.25, 0.3) is 10.2 Å². The van der Waals surface area contributed by atoms with E-state index in [0.29, 0.717) is 30.9 Å². The second-order valence-corrected chi connectivity index (χ2v) is 9.13. The highest BCUT2D eigenvalue weighted by atomic mass is 32.1. The Labute approximate surface area is 198 Å². The number of likely N-dealkylation sites (tertiary alicyclic amines) is 1. The van der Waals surface area contributed by atoms with Crippen molar-refractivity contribution in [1.29, 1.82) is 0 Å². The zero-order valence-corrected chi connectivity index (χ0v) is 20.3. The Morgan fingerprint density at radius 1 is 1.45 bits per heavy atom. The van der Waals surface area contributed by atoms with Crippen molar-refractivity contribution in [3.8, 4) is 0 Å². The van der Waals surface area contributed by atoms with E-state index < -0.39 is 11.8 Å². The first-order valence-electron chi connectivity index (χ1n) is 10.9. The van der Waals surface area contributed by atoms with Crippen molar-refractivity contribution in [3.05, 3.63) is 52.4 Å². The van der Waals surface area contributed by atoms with Crippen molar-refractivity contribution in [2.24, 2.45) is 16.6 Å². The number of aromatic nitrogens is 1. The van der Waals surface area contributed by atoms with Crippen LogP contribution < -0.4 is 11.1 Å². The number of nitrogens with two attached hydrogens (primary N) is 1. The summed E-state index contributed by atoms with van der Waals surface area (Å²) >= 11 is 1.57. The van der Waals surface area contributed by atoms with E-state index in [4.69, 9.17) is 10.5 Å². The summed E-state index contributed by atoms with van der Waals surface area (Å²) in [7, 11) is 1.68. The molecule has 3 atom stereocenters. The summed E-state index contributed by atoms with van der Waals surface area (Å²) in [6.45, 7) is 9.52. The van der Waals surface area contributed by atoms with Gasteiger partial charge in [0, 0.05) is 25.3 Å². The van der Waals surface area contributed by atoms with Gasteiger partial charge in [-0.1, -0.05) is 19.9 Å². The molecule has 2 amide bonds. The monoisotopic (exact) mass is 469 g/mol. The number of thiazole rings is 1. The van der Waals surface area contributed by atoms with Crippen LogP contribution in [0.2, 0.25) is 0 Å². The minimum atomic E-state index is -0.688. The van der Waals surface area contributed by atoms with Crippen LogP contribution >= 0.6 is 11.3 Å². The molecule has 1 aliphatic rings. The number of benzene rings is 1. The largest absolute Gasteiger partial charge is 0.383 e. The molecule has 0 bridgehead atoms. The van der Waals surface area contributed by atoms with Crippen LogP contribution in [0.4, 0.5) is 0 Å². The molecule has 3 N–H and O–H groups in total. The molecule has 0 unspecified atom stereocenters. The molecule has 3 rings (SSSR count). The van der Waals surface area contributed by atoms with E-state index in [2.05, 4.69) is 22.0 Å².